The number of nitrogens with one attached hydrogen (secondary N) is 1. The third kappa shape index (κ3) is 7.07. The van der Waals surface area contributed by atoms with Crippen LogP contribution >= 0.6 is 15.9 Å². The number of rotatable bonds is 10. The molecule has 7 nitrogen and oxygen atoms in total. The molecule has 168 valence electrons. The Morgan fingerprint density at radius 2 is 1.68 bits per heavy atom. The predicted octanol–water partition coefficient (Wildman–Crippen LogP) is 2.81. The number of carbonyl (C=O) groups excluding carboxylic acids is 2. The Hall–Kier alpha value is -2.39. The van der Waals surface area contributed by atoms with Crippen LogP contribution in [0.1, 0.15) is 18.9 Å². The van der Waals surface area contributed by atoms with Crippen LogP contribution in [0.4, 0.5) is 5.69 Å². The van der Waals surface area contributed by atoms with E-state index in [0.717, 1.165) is 20.6 Å². The SMILES string of the molecule is CCC(C(=O)NC)N(CCc1ccccc1)C(=O)CN(c1ccc(Br)cc1)S(C)(=O)=O. The molecule has 2 amide bonds. The summed E-state index contributed by atoms with van der Waals surface area (Å²) in [5.74, 6) is -0.710. The van der Waals surface area contributed by atoms with Crippen molar-refractivity contribution in [1.29, 1.82) is 0 Å². The Morgan fingerprint density at radius 1 is 1.06 bits per heavy atom. The molecule has 0 aliphatic carbocycles. The van der Waals surface area contributed by atoms with Crippen molar-refractivity contribution in [1.82, 2.24) is 10.2 Å². The van der Waals surface area contributed by atoms with E-state index in [0.29, 0.717) is 25.1 Å². The van der Waals surface area contributed by atoms with Crippen molar-refractivity contribution in [3.8, 4) is 0 Å². The van der Waals surface area contributed by atoms with E-state index in [2.05, 4.69) is 21.2 Å². The number of sulfonamides is 1. The summed E-state index contributed by atoms with van der Waals surface area (Å²) in [4.78, 5) is 27.2. The second-order valence-corrected chi connectivity index (χ2v) is 9.93. The third-order valence-corrected chi connectivity index (χ3v) is 6.58. The molecule has 2 rings (SSSR count). The Kier molecular flexibility index (Phi) is 9.06. The second-order valence-electron chi connectivity index (χ2n) is 7.11. The van der Waals surface area contributed by atoms with Crippen molar-refractivity contribution < 1.29 is 18.0 Å². The molecule has 1 N–H and O–H groups in total. The zero-order valence-corrected chi connectivity index (χ0v) is 20.3. The van der Waals surface area contributed by atoms with Crippen molar-refractivity contribution in [2.75, 3.05) is 30.7 Å². The molecule has 0 saturated heterocycles. The summed E-state index contributed by atoms with van der Waals surface area (Å²) < 4.78 is 26.8. The summed E-state index contributed by atoms with van der Waals surface area (Å²) in [6, 6.07) is 15.6. The molecule has 0 spiro atoms. The van der Waals surface area contributed by atoms with Crippen LogP contribution in [0.25, 0.3) is 0 Å². The van der Waals surface area contributed by atoms with E-state index in [9.17, 15) is 18.0 Å². The number of likely N-dealkylation sites (N-methyl/N-ethyl adjacent to an activating group) is 1. The van der Waals surface area contributed by atoms with Gasteiger partial charge in [-0.05, 0) is 42.7 Å². The lowest BCUT2D eigenvalue weighted by Gasteiger charge is -2.32. The van der Waals surface area contributed by atoms with Crippen LogP contribution < -0.4 is 9.62 Å². The molecule has 2 aromatic rings. The molecular weight excluding hydrogens is 482 g/mol. The van der Waals surface area contributed by atoms with E-state index in [1.807, 2.05) is 37.3 Å². The quantitative estimate of drug-likeness (QED) is 0.533. The predicted molar refractivity (Wildman–Crippen MR) is 126 cm³/mol. The van der Waals surface area contributed by atoms with Crippen molar-refractivity contribution in [3.63, 3.8) is 0 Å². The minimum Gasteiger partial charge on any atom is -0.357 e. The van der Waals surface area contributed by atoms with Gasteiger partial charge in [0.1, 0.15) is 12.6 Å². The molecule has 0 radical (unpaired) electrons. The number of nitrogens with zero attached hydrogens (tertiary/aromatic N) is 2. The molecule has 0 aliphatic heterocycles. The van der Waals surface area contributed by atoms with Gasteiger partial charge in [0.05, 0.1) is 11.9 Å². The number of carbonyl (C=O) groups is 2. The molecule has 0 aliphatic rings. The number of anilines is 1. The van der Waals surface area contributed by atoms with E-state index in [1.165, 1.54) is 11.9 Å². The summed E-state index contributed by atoms with van der Waals surface area (Å²) in [5, 5.41) is 2.60. The highest BCUT2D eigenvalue weighted by atomic mass is 79.9. The van der Waals surface area contributed by atoms with Crippen LogP contribution in [0.15, 0.2) is 59.1 Å². The summed E-state index contributed by atoms with van der Waals surface area (Å²) in [6.07, 6.45) is 2.03. The summed E-state index contributed by atoms with van der Waals surface area (Å²) in [5.41, 5.74) is 1.41. The van der Waals surface area contributed by atoms with E-state index in [4.69, 9.17) is 0 Å². The molecule has 0 aromatic heterocycles. The first-order valence-electron chi connectivity index (χ1n) is 9.95. The van der Waals surface area contributed by atoms with Crippen LogP contribution in [0.3, 0.4) is 0 Å². The van der Waals surface area contributed by atoms with E-state index < -0.39 is 22.0 Å². The number of benzene rings is 2. The van der Waals surface area contributed by atoms with Crippen LogP contribution in [-0.2, 0) is 26.0 Å². The van der Waals surface area contributed by atoms with Gasteiger partial charge in [-0.1, -0.05) is 53.2 Å². The maximum absolute atomic E-state index is 13.3. The largest absolute Gasteiger partial charge is 0.357 e. The lowest BCUT2D eigenvalue weighted by molar-refractivity contribution is -0.139. The molecule has 31 heavy (non-hydrogen) atoms. The van der Waals surface area contributed by atoms with Gasteiger partial charge in [0.2, 0.25) is 21.8 Å². The first-order valence-corrected chi connectivity index (χ1v) is 12.6. The molecule has 0 heterocycles. The lowest BCUT2D eigenvalue weighted by Crippen LogP contribution is -2.52. The highest BCUT2D eigenvalue weighted by Gasteiger charge is 2.30. The van der Waals surface area contributed by atoms with Gasteiger partial charge in [-0.15, -0.1) is 0 Å². The van der Waals surface area contributed by atoms with Gasteiger partial charge in [-0.2, -0.15) is 0 Å². The smallest absolute Gasteiger partial charge is 0.244 e. The van der Waals surface area contributed by atoms with Crippen LogP contribution in [0.5, 0.6) is 0 Å². The van der Waals surface area contributed by atoms with Crippen molar-refractivity contribution >= 4 is 43.5 Å². The highest BCUT2D eigenvalue weighted by Crippen LogP contribution is 2.21. The fraction of sp³-hybridized carbons (Fsp3) is 0.364. The van der Waals surface area contributed by atoms with E-state index >= 15 is 0 Å². The van der Waals surface area contributed by atoms with Crippen LogP contribution in [0, 0.1) is 0 Å². The molecule has 0 fully saturated rings. The first-order chi connectivity index (χ1) is 14.7. The molecule has 9 heteroatoms. The molecule has 1 unspecified atom stereocenters. The normalized spacial score (nSPS) is 12.1. The minimum absolute atomic E-state index is 0.279. The molecule has 1 atom stereocenters. The van der Waals surface area contributed by atoms with Gasteiger partial charge in [0, 0.05) is 18.1 Å². The first kappa shape index (κ1) is 24.9. The van der Waals surface area contributed by atoms with Crippen LogP contribution in [-0.4, -0.2) is 57.6 Å². The highest BCUT2D eigenvalue weighted by molar-refractivity contribution is 9.10. The summed E-state index contributed by atoms with van der Waals surface area (Å²) >= 11 is 3.33. The number of amides is 2. The van der Waals surface area contributed by atoms with Gasteiger partial charge in [0.25, 0.3) is 0 Å². The van der Waals surface area contributed by atoms with E-state index in [-0.39, 0.29) is 12.5 Å². The maximum Gasteiger partial charge on any atom is 0.244 e. The van der Waals surface area contributed by atoms with Crippen molar-refractivity contribution in [2.45, 2.75) is 25.8 Å². The molecule has 2 aromatic carbocycles. The molecule has 0 bridgehead atoms. The minimum atomic E-state index is -3.71. The Bertz CT molecular complexity index is 982. The monoisotopic (exact) mass is 509 g/mol. The Morgan fingerprint density at radius 3 is 2.19 bits per heavy atom. The zero-order valence-electron chi connectivity index (χ0n) is 17.9. The lowest BCUT2D eigenvalue weighted by atomic mass is 10.1. The summed E-state index contributed by atoms with van der Waals surface area (Å²) in [7, 11) is -2.19. The number of hydrogen-bond acceptors (Lipinski definition) is 4. The second kappa shape index (κ2) is 11.3. The maximum atomic E-state index is 13.3. The molecule has 0 saturated carbocycles. The third-order valence-electron chi connectivity index (χ3n) is 4.91. The molecular formula is C22H28BrN3O4S. The average molecular weight is 510 g/mol. The fourth-order valence-electron chi connectivity index (χ4n) is 3.28. The van der Waals surface area contributed by atoms with Crippen LogP contribution in [0.2, 0.25) is 0 Å². The van der Waals surface area contributed by atoms with Crippen molar-refractivity contribution in [2.24, 2.45) is 0 Å². The standard InChI is InChI=1S/C22H28BrN3O4S/c1-4-20(22(28)24-2)25(15-14-17-8-6-5-7-9-17)21(27)16-26(31(3,29)30)19-12-10-18(23)11-13-19/h5-13,20H,4,14-16H2,1-3H3,(H,24,28). The fourth-order valence-corrected chi connectivity index (χ4v) is 4.40. The zero-order chi connectivity index (χ0) is 23.0. The van der Waals surface area contributed by atoms with Gasteiger partial charge >= 0.3 is 0 Å². The van der Waals surface area contributed by atoms with Gasteiger partial charge < -0.3 is 10.2 Å². The topological polar surface area (TPSA) is 86.8 Å². The summed E-state index contributed by atoms with van der Waals surface area (Å²) in [6.45, 7) is 1.74. The van der Waals surface area contributed by atoms with Gasteiger partial charge in [-0.3, -0.25) is 13.9 Å². The Labute approximate surface area is 192 Å². The van der Waals surface area contributed by atoms with Crippen molar-refractivity contribution in [3.05, 3.63) is 64.6 Å². The number of halogens is 1. The van der Waals surface area contributed by atoms with Gasteiger partial charge in [0.15, 0.2) is 0 Å². The number of hydrogen-bond donors (Lipinski definition) is 1. The van der Waals surface area contributed by atoms with Gasteiger partial charge in [-0.25, -0.2) is 8.42 Å². The Balaban J connectivity index is 2.32. The van der Waals surface area contributed by atoms with E-state index in [1.54, 1.807) is 24.3 Å². The average Bonchev–Trinajstić information content (AvgIpc) is 2.75.